The van der Waals surface area contributed by atoms with Crippen molar-refractivity contribution < 1.29 is 14.2 Å². The first-order chi connectivity index (χ1) is 40.5. The Kier molecular flexibility index (Phi) is 15.8. The van der Waals surface area contributed by atoms with E-state index in [1.165, 1.54) is 158 Å². The molecule has 3 aliphatic heterocycles. The van der Waals surface area contributed by atoms with Crippen LogP contribution in [0.25, 0.3) is 28.3 Å². The Morgan fingerprint density at radius 2 is 1.32 bits per heavy atom. The minimum Gasteiger partial charge on any atom is -0.358 e. The van der Waals surface area contributed by atoms with Gasteiger partial charge in [-0.15, -0.1) is 0 Å². The van der Waals surface area contributed by atoms with Gasteiger partial charge in [0.15, 0.2) is 6.29 Å². The van der Waals surface area contributed by atoms with Crippen molar-refractivity contribution in [2.45, 2.75) is 146 Å². The summed E-state index contributed by atoms with van der Waals surface area (Å²) in [6, 6.07) is 50.0. The number of nitrogens with zero attached hydrogens (tertiary/aromatic N) is 2. The molecule has 14 rings (SSSR count). The van der Waals surface area contributed by atoms with Gasteiger partial charge in [0.1, 0.15) is 6.23 Å². The van der Waals surface area contributed by atoms with Gasteiger partial charge in [0.05, 0.1) is 29.2 Å². The SMILES string of the molecule is CCCCCCC1(CCCCCC)c2cc(-c3ccc(N(C4=C5C=CCCC5=CCC4)c4ccc(C5OCCO5)cc4)cc3)ccc2-c2ccc([C@@H]3C=IC(N(c4ccc(C5NCCO5)cc4)c4cccc5c4C=CC4CC54)=CC3)cc21. The minimum atomic E-state index is -0.430. The van der Waals surface area contributed by atoms with E-state index in [4.69, 9.17) is 14.2 Å². The fraction of sp³-hybridized carbons (Fsp3) is 0.373. The lowest BCUT2D eigenvalue weighted by molar-refractivity contribution is -0.0441. The number of nitrogens with one attached hydrogen (secondary N) is 1. The molecule has 3 unspecified atom stereocenters. The maximum atomic E-state index is 6.03. The van der Waals surface area contributed by atoms with Crippen LogP contribution in [0.3, 0.4) is 0 Å². The fourth-order valence-corrected chi connectivity index (χ4v) is 17.6. The van der Waals surface area contributed by atoms with Crippen LogP contribution >= 0.6 is 20.7 Å². The number of rotatable bonds is 20. The number of unbranched alkanes of at least 4 members (excludes halogenated alkanes) is 6. The molecule has 4 atom stereocenters. The van der Waals surface area contributed by atoms with E-state index in [0.717, 1.165) is 50.8 Å². The highest BCUT2D eigenvalue weighted by molar-refractivity contribution is 14.2. The van der Waals surface area contributed by atoms with E-state index in [2.05, 4.69) is 197 Å². The van der Waals surface area contributed by atoms with Gasteiger partial charge in [-0.05, 0) is 177 Å². The van der Waals surface area contributed by atoms with Crippen molar-refractivity contribution in [1.82, 2.24) is 5.32 Å². The van der Waals surface area contributed by atoms with Gasteiger partial charge < -0.3 is 24.0 Å². The molecule has 420 valence electrons. The third-order valence-corrected chi connectivity index (χ3v) is 21.9. The van der Waals surface area contributed by atoms with Crippen molar-refractivity contribution in [2.75, 3.05) is 36.2 Å². The van der Waals surface area contributed by atoms with Gasteiger partial charge in [-0.1, -0.05) is 201 Å². The minimum absolute atomic E-state index is 0.0313. The Balaban J connectivity index is 0.793. The van der Waals surface area contributed by atoms with E-state index >= 15 is 0 Å². The van der Waals surface area contributed by atoms with E-state index in [9.17, 15) is 0 Å². The van der Waals surface area contributed by atoms with Crippen molar-refractivity contribution in [3.8, 4) is 22.3 Å². The zero-order valence-corrected chi connectivity index (χ0v) is 50.3. The van der Waals surface area contributed by atoms with Crippen molar-refractivity contribution in [2.24, 2.45) is 5.92 Å². The Hall–Kier alpha value is -5.94. The Morgan fingerprint density at radius 3 is 2.04 bits per heavy atom. The van der Waals surface area contributed by atoms with Gasteiger partial charge >= 0.3 is 0 Å². The summed E-state index contributed by atoms with van der Waals surface area (Å²) >= 11 is -0.430. The zero-order valence-electron chi connectivity index (χ0n) is 48.2. The van der Waals surface area contributed by atoms with Crippen LogP contribution in [0.5, 0.6) is 0 Å². The highest BCUT2D eigenvalue weighted by atomic mass is 127. The maximum Gasteiger partial charge on any atom is 0.184 e. The highest BCUT2D eigenvalue weighted by Crippen LogP contribution is 2.58. The summed E-state index contributed by atoms with van der Waals surface area (Å²) in [7, 11) is 0. The van der Waals surface area contributed by atoms with Gasteiger partial charge in [-0.2, -0.15) is 0 Å². The number of anilines is 4. The van der Waals surface area contributed by atoms with E-state index < -0.39 is 20.7 Å². The summed E-state index contributed by atoms with van der Waals surface area (Å²) in [6.45, 7) is 7.64. The number of halogens is 1. The molecule has 2 saturated heterocycles. The molecule has 6 nitrogen and oxygen atoms in total. The van der Waals surface area contributed by atoms with Crippen molar-refractivity contribution >= 4 is 53.6 Å². The molecule has 5 aliphatic carbocycles. The Bertz CT molecular complexity index is 3490. The zero-order chi connectivity index (χ0) is 55.0. The molecule has 82 heavy (non-hydrogen) atoms. The van der Waals surface area contributed by atoms with E-state index in [0.29, 0.717) is 31.0 Å². The second-order valence-electron chi connectivity index (χ2n) is 24.3. The topological polar surface area (TPSA) is 46.2 Å². The second kappa shape index (κ2) is 24.0. The standard InChI is InChI=1S/C75H80IN3O3/c1-3-5-7-11-41-75(42-12-8-6-4-2)68-48-55(51-21-31-59(32-22-51)78(70-19-13-16-52-15-9-10-17-62(52)70)60-35-25-54(26-36-60)74-81-45-46-82-74)27-37-64(68)65-38-28-56(49-69(65)75)58-30-40-72(76-50-58)79(61-33-23-53(24-34-61)73-77-43-44-80-73)71-20-14-18-63-66(71)39-29-57-47-67(57)63/h10,14,16-18,20-29,31-40,48-50,57-58,67,73-74,77H,3-9,11-13,15,19,30,41-47H2,1-2H3/t57?,58-,67?,73?/m0/s1. The summed E-state index contributed by atoms with van der Waals surface area (Å²) in [5, 5.41) is 3.52. The molecular weight excluding hydrogens is 1120 g/mol. The molecular formula is C75H80IN3O3. The highest BCUT2D eigenvalue weighted by Gasteiger charge is 2.44. The number of hydrogen-bond donors (Lipinski definition) is 1. The predicted molar refractivity (Wildman–Crippen MR) is 349 cm³/mol. The van der Waals surface area contributed by atoms with Gasteiger partial charge in [0.25, 0.3) is 0 Å². The molecule has 6 aromatic carbocycles. The van der Waals surface area contributed by atoms with Gasteiger partial charge in [-0.3, -0.25) is 5.32 Å². The summed E-state index contributed by atoms with van der Waals surface area (Å²) < 4.78 is 22.1. The first-order valence-corrected chi connectivity index (χ1v) is 33.7. The van der Waals surface area contributed by atoms with E-state index in [-0.39, 0.29) is 17.9 Å². The summed E-state index contributed by atoms with van der Waals surface area (Å²) in [4.78, 5) is 5.14. The van der Waals surface area contributed by atoms with Crippen LogP contribution in [-0.2, 0) is 19.6 Å². The van der Waals surface area contributed by atoms with E-state index in [1.54, 1.807) is 11.1 Å². The number of ether oxygens (including phenoxy) is 3. The summed E-state index contributed by atoms with van der Waals surface area (Å²) in [5.74, 6) is 1.77. The quantitative estimate of drug-likeness (QED) is 0.0467. The molecule has 3 fully saturated rings. The van der Waals surface area contributed by atoms with Crippen LogP contribution in [-0.4, -0.2) is 30.4 Å². The van der Waals surface area contributed by atoms with Crippen molar-refractivity contribution in [3.05, 3.63) is 217 Å². The lowest BCUT2D eigenvalue weighted by Gasteiger charge is -2.34. The van der Waals surface area contributed by atoms with Gasteiger partial charge in [0.2, 0.25) is 0 Å². The third kappa shape index (κ3) is 10.5. The maximum absolute atomic E-state index is 6.03. The largest absolute Gasteiger partial charge is 0.358 e. The van der Waals surface area contributed by atoms with E-state index in [1.807, 2.05) is 0 Å². The summed E-state index contributed by atoms with van der Waals surface area (Å²) in [6.07, 6.45) is 33.5. The Morgan fingerprint density at radius 1 is 0.622 bits per heavy atom. The average Bonchev–Trinajstić information content (AvgIpc) is 2.59. The molecule has 0 bridgehead atoms. The smallest absolute Gasteiger partial charge is 0.184 e. The van der Waals surface area contributed by atoms with Gasteiger partial charge in [-0.25, -0.2) is 0 Å². The van der Waals surface area contributed by atoms with Crippen LogP contribution in [0, 0.1) is 5.92 Å². The van der Waals surface area contributed by atoms with Crippen molar-refractivity contribution in [1.29, 1.82) is 0 Å². The molecule has 1 saturated carbocycles. The van der Waals surface area contributed by atoms with Gasteiger partial charge in [0, 0.05) is 51.8 Å². The number of allylic oxidation sites excluding steroid dienone is 8. The lowest BCUT2D eigenvalue weighted by Crippen LogP contribution is -2.26. The molecule has 6 aromatic rings. The number of hydrogen-bond acceptors (Lipinski definition) is 6. The first kappa shape index (κ1) is 54.0. The van der Waals surface area contributed by atoms with Crippen molar-refractivity contribution in [3.63, 3.8) is 0 Å². The third-order valence-electron chi connectivity index (χ3n) is 19.2. The number of benzene rings is 6. The molecule has 1 N–H and O–H groups in total. The van der Waals surface area contributed by atoms with Crippen LogP contribution in [0.1, 0.15) is 180 Å². The normalized spacial score (nSPS) is 21.9. The monoisotopic (exact) mass is 1200 g/mol. The average molecular weight is 1200 g/mol. The Labute approximate surface area is 497 Å². The fourth-order valence-electron chi connectivity index (χ4n) is 14.7. The van der Waals surface area contributed by atoms with Crippen LogP contribution in [0.4, 0.5) is 22.7 Å². The summed E-state index contributed by atoms with van der Waals surface area (Å²) in [5.41, 5.74) is 24.5. The number of fused-ring (bicyclic) bond motifs is 7. The molecule has 3 heterocycles. The first-order valence-electron chi connectivity index (χ1n) is 31.4. The van der Waals surface area contributed by atoms with Crippen LogP contribution in [0.15, 0.2) is 178 Å². The van der Waals surface area contributed by atoms with Crippen LogP contribution < -0.4 is 15.1 Å². The molecule has 7 heteroatoms. The second-order valence-corrected chi connectivity index (χ2v) is 26.7. The molecule has 0 radical (unpaired) electrons. The molecule has 0 aromatic heterocycles. The molecule has 0 spiro atoms. The lowest BCUT2D eigenvalue weighted by atomic mass is 9.69. The predicted octanol–water partition coefficient (Wildman–Crippen LogP) is 19.8. The molecule has 0 amide bonds. The molecule has 8 aliphatic rings. The van der Waals surface area contributed by atoms with Crippen LogP contribution in [0.2, 0.25) is 0 Å².